The molecule has 1 aromatic carbocycles. The maximum atomic E-state index is 10.7. The van der Waals surface area contributed by atoms with Crippen molar-refractivity contribution >= 4 is 29.5 Å². The molecule has 0 amide bonds. The van der Waals surface area contributed by atoms with Crippen molar-refractivity contribution in [2.24, 2.45) is 0 Å². The van der Waals surface area contributed by atoms with E-state index in [0.29, 0.717) is 21.3 Å². The van der Waals surface area contributed by atoms with Crippen molar-refractivity contribution in [2.75, 3.05) is 0 Å². The summed E-state index contributed by atoms with van der Waals surface area (Å²) in [5, 5.41) is 1.000. The zero-order valence-corrected chi connectivity index (χ0v) is 10.6. The largest absolute Gasteiger partial charge is 0.298 e. The molecule has 2 aromatic rings. The van der Waals surface area contributed by atoms with E-state index < -0.39 is 0 Å². The Balaban J connectivity index is 2.49. The predicted octanol–water partition coefficient (Wildman–Crippen LogP) is 4.18. The number of aromatic nitrogens is 1. The third-order valence-corrected chi connectivity index (χ3v) is 3.21. The number of aldehydes is 1. The van der Waals surface area contributed by atoms with Crippen LogP contribution in [0.5, 0.6) is 0 Å². The van der Waals surface area contributed by atoms with E-state index in [-0.39, 0.29) is 0 Å². The highest BCUT2D eigenvalue weighted by molar-refractivity contribution is 6.42. The molecule has 2 nitrogen and oxygen atoms in total. The Kier molecular flexibility index (Phi) is 3.46. The molecule has 1 aromatic heterocycles. The van der Waals surface area contributed by atoms with Gasteiger partial charge in [0.15, 0.2) is 6.29 Å². The molecule has 0 bridgehead atoms. The molecule has 0 spiro atoms. The summed E-state index contributed by atoms with van der Waals surface area (Å²) >= 11 is 11.8. The number of hydrogen-bond acceptors (Lipinski definition) is 2. The predicted molar refractivity (Wildman–Crippen MR) is 69.8 cm³/mol. The highest BCUT2D eigenvalue weighted by Gasteiger charge is 2.05. The maximum Gasteiger partial charge on any atom is 0.151 e. The lowest BCUT2D eigenvalue weighted by Crippen LogP contribution is -1.93. The minimum atomic E-state index is 0.489. The van der Waals surface area contributed by atoms with Gasteiger partial charge in [-0.05, 0) is 31.2 Å². The van der Waals surface area contributed by atoms with Crippen LogP contribution in [-0.2, 0) is 0 Å². The molecule has 0 atom stereocenters. The normalized spacial score (nSPS) is 10.3. The number of carbonyl (C=O) groups excluding carboxylic acids is 1. The number of rotatable bonds is 2. The molecule has 1 heterocycles. The van der Waals surface area contributed by atoms with E-state index in [1.165, 1.54) is 0 Å². The van der Waals surface area contributed by atoms with Crippen molar-refractivity contribution in [1.29, 1.82) is 0 Å². The number of carbonyl (C=O) groups is 1. The van der Waals surface area contributed by atoms with Gasteiger partial charge in [0.1, 0.15) is 0 Å². The average molecular weight is 266 g/mol. The van der Waals surface area contributed by atoms with Crippen LogP contribution in [0.1, 0.15) is 16.1 Å². The number of hydrogen-bond donors (Lipinski definition) is 0. The highest BCUT2D eigenvalue weighted by atomic mass is 35.5. The van der Waals surface area contributed by atoms with Gasteiger partial charge in [-0.3, -0.25) is 9.78 Å². The van der Waals surface area contributed by atoms with Crippen LogP contribution in [0.2, 0.25) is 10.0 Å². The fraction of sp³-hybridized carbons (Fsp3) is 0.0769. The number of halogens is 2. The van der Waals surface area contributed by atoms with Crippen molar-refractivity contribution in [1.82, 2.24) is 4.98 Å². The lowest BCUT2D eigenvalue weighted by Gasteiger charge is -2.05. The molecule has 0 unspecified atom stereocenters. The molecule has 0 aliphatic carbocycles. The van der Waals surface area contributed by atoms with Crippen LogP contribution in [0.25, 0.3) is 11.3 Å². The van der Waals surface area contributed by atoms with Crippen molar-refractivity contribution in [3.8, 4) is 11.3 Å². The Bertz CT molecular complexity index is 582. The first-order chi connectivity index (χ1) is 8.11. The smallest absolute Gasteiger partial charge is 0.151 e. The van der Waals surface area contributed by atoms with Crippen LogP contribution in [0.3, 0.4) is 0 Å². The standard InChI is InChI=1S/C13H9Cl2NO/c1-8-10(7-17)3-5-13(16-8)9-2-4-11(14)12(15)6-9/h2-7H,1H3. The highest BCUT2D eigenvalue weighted by Crippen LogP contribution is 2.27. The summed E-state index contributed by atoms with van der Waals surface area (Å²) in [6, 6.07) is 8.86. The van der Waals surface area contributed by atoms with E-state index in [1.807, 2.05) is 6.07 Å². The summed E-state index contributed by atoms with van der Waals surface area (Å²) in [5.74, 6) is 0. The number of nitrogens with zero attached hydrogens (tertiary/aromatic N) is 1. The SMILES string of the molecule is Cc1nc(-c2ccc(Cl)c(Cl)c2)ccc1C=O. The first-order valence-corrected chi connectivity index (χ1v) is 5.75. The molecule has 17 heavy (non-hydrogen) atoms. The van der Waals surface area contributed by atoms with E-state index in [9.17, 15) is 4.79 Å². The fourth-order valence-electron chi connectivity index (χ4n) is 1.51. The lowest BCUT2D eigenvalue weighted by atomic mass is 10.1. The fourth-order valence-corrected chi connectivity index (χ4v) is 1.81. The van der Waals surface area contributed by atoms with Gasteiger partial charge in [0.2, 0.25) is 0 Å². The van der Waals surface area contributed by atoms with E-state index >= 15 is 0 Å². The second kappa shape index (κ2) is 4.86. The van der Waals surface area contributed by atoms with Crippen LogP contribution >= 0.6 is 23.2 Å². The van der Waals surface area contributed by atoms with Gasteiger partial charge in [-0.2, -0.15) is 0 Å². The summed E-state index contributed by atoms with van der Waals surface area (Å²) in [7, 11) is 0. The van der Waals surface area contributed by atoms with Gasteiger partial charge in [-0.1, -0.05) is 29.3 Å². The van der Waals surface area contributed by atoms with E-state index in [0.717, 1.165) is 17.5 Å². The summed E-state index contributed by atoms with van der Waals surface area (Å²) in [5.41, 5.74) is 2.93. The minimum Gasteiger partial charge on any atom is -0.298 e. The molecule has 4 heteroatoms. The van der Waals surface area contributed by atoms with Gasteiger partial charge in [0.05, 0.1) is 15.7 Å². The van der Waals surface area contributed by atoms with Crippen LogP contribution in [-0.4, -0.2) is 11.3 Å². The van der Waals surface area contributed by atoms with Crippen molar-refractivity contribution in [3.05, 3.63) is 51.6 Å². The van der Waals surface area contributed by atoms with Crippen molar-refractivity contribution in [2.45, 2.75) is 6.92 Å². The molecule has 0 N–H and O–H groups in total. The van der Waals surface area contributed by atoms with Gasteiger partial charge < -0.3 is 0 Å². The summed E-state index contributed by atoms with van der Waals surface area (Å²) in [4.78, 5) is 15.0. The van der Waals surface area contributed by atoms with Gasteiger partial charge in [0.25, 0.3) is 0 Å². The third kappa shape index (κ3) is 2.48. The molecule has 0 fully saturated rings. The Labute approximate surface area is 109 Å². The van der Waals surface area contributed by atoms with E-state index in [4.69, 9.17) is 23.2 Å². The van der Waals surface area contributed by atoms with Crippen molar-refractivity contribution in [3.63, 3.8) is 0 Å². The van der Waals surface area contributed by atoms with Crippen molar-refractivity contribution < 1.29 is 4.79 Å². The number of benzene rings is 1. The Morgan fingerprint density at radius 2 is 1.88 bits per heavy atom. The molecule has 0 aliphatic rings. The van der Waals surface area contributed by atoms with Crippen LogP contribution in [0.4, 0.5) is 0 Å². The molecule has 0 saturated heterocycles. The second-order valence-electron chi connectivity index (χ2n) is 3.62. The van der Waals surface area contributed by atoms with Crippen LogP contribution in [0.15, 0.2) is 30.3 Å². The molecular formula is C13H9Cl2NO. The second-order valence-corrected chi connectivity index (χ2v) is 4.43. The monoisotopic (exact) mass is 265 g/mol. The van der Waals surface area contributed by atoms with Gasteiger partial charge >= 0.3 is 0 Å². The summed E-state index contributed by atoms with van der Waals surface area (Å²) < 4.78 is 0. The zero-order valence-electron chi connectivity index (χ0n) is 9.08. The number of pyridine rings is 1. The Morgan fingerprint density at radius 1 is 1.12 bits per heavy atom. The van der Waals surface area contributed by atoms with Crippen LogP contribution < -0.4 is 0 Å². The van der Waals surface area contributed by atoms with E-state index in [1.54, 1.807) is 31.2 Å². The quantitative estimate of drug-likeness (QED) is 0.763. The summed E-state index contributed by atoms with van der Waals surface area (Å²) in [6.45, 7) is 1.80. The average Bonchev–Trinajstić information content (AvgIpc) is 2.32. The first kappa shape index (κ1) is 12.1. The minimum absolute atomic E-state index is 0.489. The molecular weight excluding hydrogens is 257 g/mol. The molecule has 2 rings (SSSR count). The third-order valence-electron chi connectivity index (χ3n) is 2.47. The van der Waals surface area contributed by atoms with Gasteiger partial charge in [-0.25, -0.2) is 0 Å². The first-order valence-electron chi connectivity index (χ1n) is 5.00. The Morgan fingerprint density at radius 3 is 2.47 bits per heavy atom. The zero-order chi connectivity index (χ0) is 12.4. The molecule has 0 aliphatic heterocycles. The summed E-state index contributed by atoms with van der Waals surface area (Å²) in [6.07, 6.45) is 0.793. The van der Waals surface area contributed by atoms with Gasteiger partial charge in [-0.15, -0.1) is 0 Å². The van der Waals surface area contributed by atoms with Crippen LogP contribution in [0, 0.1) is 6.92 Å². The Hall–Kier alpha value is -1.38. The number of aryl methyl sites for hydroxylation is 1. The van der Waals surface area contributed by atoms with E-state index in [2.05, 4.69) is 4.98 Å². The molecule has 0 radical (unpaired) electrons. The molecule has 86 valence electrons. The maximum absolute atomic E-state index is 10.7. The lowest BCUT2D eigenvalue weighted by molar-refractivity contribution is 0.112. The molecule has 0 saturated carbocycles. The topological polar surface area (TPSA) is 30.0 Å². The van der Waals surface area contributed by atoms with Gasteiger partial charge in [0, 0.05) is 16.8 Å².